The first-order chi connectivity index (χ1) is 10.7. The monoisotopic (exact) mass is 299 g/mol. The van der Waals surface area contributed by atoms with E-state index in [1.807, 2.05) is 0 Å². The van der Waals surface area contributed by atoms with E-state index < -0.39 is 0 Å². The molecular formula is C9H9N13. The molecule has 13 heteroatoms. The fraction of sp³-hybridized carbons (Fsp3) is 0. The highest BCUT2D eigenvalue weighted by molar-refractivity contribution is 5.87. The van der Waals surface area contributed by atoms with Crippen molar-refractivity contribution >= 4 is 34.5 Å². The number of nitrogens with zero attached hydrogens (tertiary/aromatic N) is 10. The third kappa shape index (κ3) is 2.21. The summed E-state index contributed by atoms with van der Waals surface area (Å²) in [7, 11) is 0. The second-order valence-corrected chi connectivity index (χ2v) is 3.95. The molecule has 0 spiro atoms. The van der Waals surface area contributed by atoms with E-state index in [1.165, 1.54) is 23.5 Å². The van der Waals surface area contributed by atoms with E-state index in [0.29, 0.717) is 17.1 Å². The molecule has 0 amide bonds. The maximum atomic E-state index is 5.85. The van der Waals surface area contributed by atoms with Crippen molar-refractivity contribution in [2.45, 2.75) is 0 Å². The van der Waals surface area contributed by atoms with Gasteiger partial charge in [0.25, 0.3) is 0 Å². The van der Waals surface area contributed by atoms with Crippen LogP contribution in [0, 0.1) is 0 Å². The molecular weight excluding hydrogens is 290 g/mol. The lowest BCUT2D eigenvalue weighted by Crippen LogP contribution is -2.19. The van der Waals surface area contributed by atoms with Crippen molar-refractivity contribution in [1.29, 1.82) is 0 Å². The topological polar surface area (TPSA) is 197 Å². The van der Waals surface area contributed by atoms with E-state index >= 15 is 0 Å². The van der Waals surface area contributed by atoms with Gasteiger partial charge in [0.2, 0.25) is 0 Å². The van der Waals surface area contributed by atoms with Gasteiger partial charge in [-0.05, 0) is 15.6 Å². The van der Waals surface area contributed by atoms with Crippen LogP contribution in [0.3, 0.4) is 0 Å². The Morgan fingerprint density at radius 1 is 0.591 bits per heavy atom. The molecule has 13 nitrogen and oxygen atoms in total. The molecule has 0 unspecified atom stereocenters. The molecule has 0 saturated heterocycles. The zero-order valence-corrected chi connectivity index (χ0v) is 10.9. The lowest BCUT2D eigenvalue weighted by Gasteiger charge is -2.24. The summed E-state index contributed by atoms with van der Waals surface area (Å²) >= 11 is 0. The van der Waals surface area contributed by atoms with Gasteiger partial charge in [-0.2, -0.15) is 0 Å². The summed E-state index contributed by atoms with van der Waals surface area (Å²) in [6.07, 6.45) is 4.13. The Hall–Kier alpha value is -3.77. The summed E-state index contributed by atoms with van der Waals surface area (Å²) in [6.45, 7) is 0. The molecule has 0 bridgehead atoms. The minimum Gasteiger partial charge on any atom is -0.380 e. The summed E-state index contributed by atoms with van der Waals surface area (Å²) < 4.78 is 0. The van der Waals surface area contributed by atoms with Crippen molar-refractivity contribution in [1.82, 2.24) is 46.2 Å². The molecule has 0 saturated carbocycles. The SMILES string of the molecule is Nc1nnncc1N(c1cnnnc1N)c1cnnnc1N. The van der Waals surface area contributed by atoms with Gasteiger partial charge in [-0.1, -0.05) is 0 Å². The Morgan fingerprint density at radius 3 is 1.18 bits per heavy atom. The standard InChI is InChI=1S/C9H9N13/c10-7-4(1-13-19-16-7)22(5-2-14-20-17-8(5)11)6-3-15-21-18-9(6)12/h1-3H,(H2,10,13,16)(H2,11,14,17)(H2,12,15,18). The van der Waals surface area contributed by atoms with Crippen LogP contribution in [0.2, 0.25) is 0 Å². The summed E-state index contributed by atoms with van der Waals surface area (Å²) in [5.41, 5.74) is 18.6. The highest BCUT2D eigenvalue weighted by Gasteiger charge is 2.22. The normalized spacial score (nSPS) is 10.4. The van der Waals surface area contributed by atoms with Crippen LogP contribution in [0.5, 0.6) is 0 Å². The fourth-order valence-corrected chi connectivity index (χ4v) is 1.72. The molecule has 0 aromatic carbocycles. The first kappa shape index (κ1) is 13.2. The Bertz CT molecular complexity index is 697. The summed E-state index contributed by atoms with van der Waals surface area (Å²) in [4.78, 5) is 1.49. The molecule has 3 aromatic rings. The molecule has 0 atom stereocenters. The van der Waals surface area contributed by atoms with Crippen molar-refractivity contribution in [2.24, 2.45) is 0 Å². The number of rotatable bonds is 3. The fourth-order valence-electron chi connectivity index (χ4n) is 1.72. The van der Waals surface area contributed by atoms with E-state index in [4.69, 9.17) is 17.2 Å². The van der Waals surface area contributed by atoms with E-state index in [1.54, 1.807) is 0 Å². The summed E-state index contributed by atoms with van der Waals surface area (Å²) in [5.74, 6) is 0.257. The van der Waals surface area contributed by atoms with Crippen molar-refractivity contribution in [2.75, 3.05) is 22.1 Å². The number of nitrogen functional groups attached to an aromatic ring is 3. The molecule has 3 heterocycles. The molecule has 6 N–H and O–H groups in total. The van der Waals surface area contributed by atoms with Crippen molar-refractivity contribution < 1.29 is 0 Å². The van der Waals surface area contributed by atoms with Gasteiger partial charge in [0.1, 0.15) is 17.1 Å². The van der Waals surface area contributed by atoms with Crippen molar-refractivity contribution in [3.05, 3.63) is 18.6 Å². The molecule has 3 rings (SSSR count). The van der Waals surface area contributed by atoms with E-state index in [0.717, 1.165) is 0 Å². The predicted octanol–water partition coefficient (Wildman–Crippen LogP) is -1.54. The third-order valence-electron chi connectivity index (χ3n) is 2.66. The minimum atomic E-state index is 0.0856. The van der Waals surface area contributed by atoms with Gasteiger partial charge >= 0.3 is 0 Å². The van der Waals surface area contributed by atoms with Crippen LogP contribution in [0.15, 0.2) is 18.6 Å². The van der Waals surface area contributed by atoms with Gasteiger partial charge in [-0.3, -0.25) is 4.90 Å². The molecule has 0 aliphatic carbocycles. The van der Waals surface area contributed by atoms with Gasteiger partial charge in [-0.15, -0.1) is 30.6 Å². The molecule has 3 aromatic heterocycles. The number of aromatic nitrogens is 9. The van der Waals surface area contributed by atoms with Crippen LogP contribution in [0.25, 0.3) is 0 Å². The zero-order chi connectivity index (χ0) is 15.5. The first-order valence-electron chi connectivity index (χ1n) is 5.80. The maximum absolute atomic E-state index is 5.85. The predicted molar refractivity (Wildman–Crippen MR) is 74.5 cm³/mol. The molecule has 0 radical (unpaired) electrons. The number of nitrogens with two attached hydrogens (primary N) is 3. The van der Waals surface area contributed by atoms with Gasteiger partial charge < -0.3 is 17.2 Å². The van der Waals surface area contributed by atoms with E-state index in [9.17, 15) is 0 Å². The van der Waals surface area contributed by atoms with Crippen LogP contribution in [0.1, 0.15) is 0 Å². The lowest BCUT2D eigenvalue weighted by molar-refractivity contribution is 0.850. The Kier molecular flexibility index (Phi) is 3.19. The van der Waals surface area contributed by atoms with Crippen molar-refractivity contribution in [3.63, 3.8) is 0 Å². The van der Waals surface area contributed by atoms with E-state index in [-0.39, 0.29) is 17.5 Å². The molecule has 0 fully saturated rings. The highest BCUT2D eigenvalue weighted by Crippen LogP contribution is 2.39. The Labute approximate surface area is 122 Å². The average molecular weight is 299 g/mol. The molecule has 0 aliphatic rings. The number of anilines is 6. The first-order valence-corrected chi connectivity index (χ1v) is 5.80. The smallest absolute Gasteiger partial charge is 0.173 e. The molecule has 110 valence electrons. The van der Waals surface area contributed by atoms with E-state index in [2.05, 4.69) is 46.2 Å². The summed E-state index contributed by atoms with van der Waals surface area (Å²) in [5, 5.41) is 32.5. The Balaban J connectivity index is 2.27. The Morgan fingerprint density at radius 2 is 0.909 bits per heavy atom. The largest absolute Gasteiger partial charge is 0.380 e. The van der Waals surface area contributed by atoms with Gasteiger partial charge in [0, 0.05) is 0 Å². The maximum Gasteiger partial charge on any atom is 0.173 e. The number of hydrogen-bond donors (Lipinski definition) is 3. The second-order valence-electron chi connectivity index (χ2n) is 3.95. The van der Waals surface area contributed by atoms with Gasteiger partial charge in [0.15, 0.2) is 17.5 Å². The highest BCUT2D eigenvalue weighted by atomic mass is 15.4. The van der Waals surface area contributed by atoms with Crippen LogP contribution in [-0.2, 0) is 0 Å². The average Bonchev–Trinajstić information content (AvgIpc) is 2.53. The molecule has 0 aliphatic heterocycles. The van der Waals surface area contributed by atoms with Crippen LogP contribution >= 0.6 is 0 Å². The van der Waals surface area contributed by atoms with Crippen LogP contribution in [0.4, 0.5) is 34.5 Å². The van der Waals surface area contributed by atoms with Gasteiger partial charge in [-0.25, -0.2) is 0 Å². The zero-order valence-electron chi connectivity index (χ0n) is 10.9. The second kappa shape index (κ2) is 5.31. The number of hydrogen-bond acceptors (Lipinski definition) is 13. The lowest BCUT2D eigenvalue weighted by atomic mass is 10.3. The molecule has 22 heavy (non-hydrogen) atoms. The van der Waals surface area contributed by atoms with Crippen molar-refractivity contribution in [3.8, 4) is 0 Å². The van der Waals surface area contributed by atoms with Gasteiger partial charge in [0.05, 0.1) is 18.6 Å². The quantitative estimate of drug-likeness (QED) is 0.503. The van der Waals surface area contributed by atoms with Crippen LogP contribution < -0.4 is 22.1 Å². The van der Waals surface area contributed by atoms with Crippen LogP contribution in [-0.4, -0.2) is 46.2 Å². The minimum absolute atomic E-state index is 0.0856. The summed E-state index contributed by atoms with van der Waals surface area (Å²) in [6, 6.07) is 0. The third-order valence-corrected chi connectivity index (χ3v) is 2.66.